The molecule has 0 aromatic carbocycles. The standard InChI is InChI=1S/C15H22BrN3O2/c1-10-7-12(5-6-21-10)18-14-13(16)8-17-19(15(14)20)9-11-3-2-4-11/h8,10-12,18H,2-7,9H2,1H3. The summed E-state index contributed by atoms with van der Waals surface area (Å²) in [6, 6.07) is 0.289. The topological polar surface area (TPSA) is 56.2 Å². The zero-order valence-corrected chi connectivity index (χ0v) is 13.9. The van der Waals surface area contributed by atoms with Crippen LogP contribution >= 0.6 is 15.9 Å². The number of hydrogen-bond donors (Lipinski definition) is 1. The summed E-state index contributed by atoms with van der Waals surface area (Å²) in [6.07, 6.45) is 7.54. The van der Waals surface area contributed by atoms with Crippen molar-refractivity contribution in [2.75, 3.05) is 11.9 Å². The van der Waals surface area contributed by atoms with Crippen LogP contribution in [-0.4, -0.2) is 28.5 Å². The van der Waals surface area contributed by atoms with E-state index in [2.05, 4.69) is 33.3 Å². The lowest BCUT2D eigenvalue weighted by molar-refractivity contribution is 0.0232. The van der Waals surface area contributed by atoms with Gasteiger partial charge in [-0.2, -0.15) is 5.10 Å². The number of hydrogen-bond acceptors (Lipinski definition) is 4. The van der Waals surface area contributed by atoms with Gasteiger partial charge in [-0.1, -0.05) is 6.42 Å². The maximum absolute atomic E-state index is 12.6. The Kier molecular flexibility index (Phi) is 4.64. The zero-order chi connectivity index (χ0) is 14.8. The molecule has 1 aliphatic carbocycles. The Balaban J connectivity index is 1.76. The summed E-state index contributed by atoms with van der Waals surface area (Å²) in [7, 11) is 0. The molecule has 0 spiro atoms. The minimum atomic E-state index is -0.0181. The average Bonchev–Trinajstić information content (AvgIpc) is 2.41. The first-order valence-corrected chi connectivity index (χ1v) is 8.56. The third-order valence-electron chi connectivity index (χ3n) is 4.49. The lowest BCUT2D eigenvalue weighted by Crippen LogP contribution is -2.36. The van der Waals surface area contributed by atoms with Crippen molar-refractivity contribution < 1.29 is 4.74 Å². The van der Waals surface area contributed by atoms with Crippen LogP contribution in [0.5, 0.6) is 0 Å². The van der Waals surface area contributed by atoms with E-state index in [0.717, 1.165) is 30.5 Å². The first kappa shape index (κ1) is 15.0. The van der Waals surface area contributed by atoms with Crippen molar-refractivity contribution in [3.8, 4) is 0 Å². The molecule has 2 fully saturated rings. The lowest BCUT2D eigenvalue weighted by Gasteiger charge is -2.29. The van der Waals surface area contributed by atoms with Gasteiger partial charge in [-0.3, -0.25) is 4.79 Å². The molecule has 1 aromatic rings. The molecule has 1 saturated heterocycles. The molecule has 2 atom stereocenters. The fraction of sp³-hybridized carbons (Fsp3) is 0.733. The van der Waals surface area contributed by atoms with Gasteiger partial charge >= 0.3 is 0 Å². The van der Waals surface area contributed by atoms with E-state index in [9.17, 15) is 4.79 Å². The number of nitrogens with zero attached hydrogens (tertiary/aromatic N) is 2. The molecule has 1 N–H and O–H groups in total. The molecule has 1 aliphatic heterocycles. The molecule has 0 radical (unpaired) electrons. The van der Waals surface area contributed by atoms with E-state index in [-0.39, 0.29) is 17.7 Å². The molecule has 0 bridgehead atoms. The summed E-state index contributed by atoms with van der Waals surface area (Å²) in [4.78, 5) is 12.6. The molecule has 3 rings (SSSR count). The van der Waals surface area contributed by atoms with Crippen LogP contribution in [0.2, 0.25) is 0 Å². The Hall–Kier alpha value is -0.880. The predicted molar refractivity (Wildman–Crippen MR) is 85.6 cm³/mol. The second-order valence-electron chi connectivity index (χ2n) is 6.20. The molecule has 2 unspecified atom stereocenters. The summed E-state index contributed by atoms with van der Waals surface area (Å²) in [6.45, 7) is 3.56. The average molecular weight is 356 g/mol. The molecule has 1 saturated carbocycles. The van der Waals surface area contributed by atoms with Crippen LogP contribution in [0.4, 0.5) is 5.69 Å². The third kappa shape index (κ3) is 3.48. The van der Waals surface area contributed by atoms with E-state index in [4.69, 9.17) is 4.74 Å². The Morgan fingerprint density at radius 3 is 2.95 bits per heavy atom. The normalized spacial score (nSPS) is 26.4. The summed E-state index contributed by atoms with van der Waals surface area (Å²) in [5, 5.41) is 7.66. The van der Waals surface area contributed by atoms with Crippen molar-refractivity contribution in [2.24, 2.45) is 5.92 Å². The van der Waals surface area contributed by atoms with Gasteiger partial charge in [-0.25, -0.2) is 4.68 Å². The second kappa shape index (κ2) is 6.48. The monoisotopic (exact) mass is 355 g/mol. The third-order valence-corrected chi connectivity index (χ3v) is 5.09. The molecule has 6 heteroatoms. The smallest absolute Gasteiger partial charge is 0.291 e. The summed E-state index contributed by atoms with van der Waals surface area (Å²) < 4.78 is 7.91. The van der Waals surface area contributed by atoms with Crippen molar-refractivity contribution in [2.45, 2.75) is 57.7 Å². The van der Waals surface area contributed by atoms with Crippen LogP contribution in [0.3, 0.4) is 0 Å². The van der Waals surface area contributed by atoms with Crippen LogP contribution in [0.1, 0.15) is 39.0 Å². The van der Waals surface area contributed by atoms with Crippen LogP contribution in [0, 0.1) is 5.92 Å². The highest BCUT2D eigenvalue weighted by atomic mass is 79.9. The van der Waals surface area contributed by atoms with Gasteiger partial charge < -0.3 is 10.1 Å². The largest absolute Gasteiger partial charge is 0.378 e. The van der Waals surface area contributed by atoms with Gasteiger partial charge in [-0.05, 0) is 54.5 Å². The molecule has 116 valence electrons. The number of aromatic nitrogens is 2. The zero-order valence-electron chi connectivity index (χ0n) is 12.3. The lowest BCUT2D eigenvalue weighted by atomic mass is 9.85. The molecule has 21 heavy (non-hydrogen) atoms. The Morgan fingerprint density at radius 1 is 1.48 bits per heavy atom. The Labute approximate surface area is 133 Å². The molecular formula is C15H22BrN3O2. The van der Waals surface area contributed by atoms with E-state index in [1.165, 1.54) is 19.3 Å². The Bertz CT molecular complexity index is 556. The van der Waals surface area contributed by atoms with E-state index in [1.54, 1.807) is 10.9 Å². The minimum absolute atomic E-state index is 0.0181. The van der Waals surface area contributed by atoms with Crippen molar-refractivity contribution in [1.29, 1.82) is 0 Å². The fourth-order valence-corrected chi connectivity index (χ4v) is 3.36. The first-order valence-electron chi connectivity index (χ1n) is 7.77. The van der Waals surface area contributed by atoms with E-state index in [0.29, 0.717) is 11.6 Å². The van der Waals surface area contributed by atoms with Crippen molar-refractivity contribution >= 4 is 21.6 Å². The molecule has 1 aromatic heterocycles. The minimum Gasteiger partial charge on any atom is -0.378 e. The van der Waals surface area contributed by atoms with Gasteiger partial charge in [0.05, 0.1) is 16.8 Å². The molecule has 2 aliphatic rings. The van der Waals surface area contributed by atoms with Crippen molar-refractivity contribution in [3.63, 3.8) is 0 Å². The van der Waals surface area contributed by atoms with E-state index < -0.39 is 0 Å². The van der Waals surface area contributed by atoms with E-state index >= 15 is 0 Å². The molecular weight excluding hydrogens is 334 g/mol. The summed E-state index contributed by atoms with van der Waals surface area (Å²) >= 11 is 3.45. The first-order chi connectivity index (χ1) is 10.1. The molecule has 5 nitrogen and oxygen atoms in total. The maximum Gasteiger partial charge on any atom is 0.291 e. The fourth-order valence-electron chi connectivity index (χ4n) is 2.98. The van der Waals surface area contributed by atoms with Gasteiger partial charge in [-0.15, -0.1) is 0 Å². The highest BCUT2D eigenvalue weighted by Gasteiger charge is 2.23. The number of rotatable bonds is 4. The van der Waals surface area contributed by atoms with Crippen LogP contribution in [-0.2, 0) is 11.3 Å². The van der Waals surface area contributed by atoms with E-state index in [1.807, 2.05) is 0 Å². The maximum atomic E-state index is 12.6. The van der Waals surface area contributed by atoms with Gasteiger partial charge in [0.25, 0.3) is 5.56 Å². The number of nitrogens with one attached hydrogen (secondary N) is 1. The SMILES string of the molecule is CC1CC(Nc2c(Br)cnn(CC3CCC3)c2=O)CCO1. The quantitative estimate of drug-likeness (QED) is 0.901. The van der Waals surface area contributed by atoms with Crippen LogP contribution in [0.15, 0.2) is 15.5 Å². The van der Waals surface area contributed by atoms with Gasteiger partial charge in [0.1, 0.15) is 5.69 Å². The molecule has 2 heterocycles. The van der Waals surface area contributed by atoms with Crippen LogP contribution < -0.4 is 10.9 Å². The molecule has 0 amide bonds. The van der Waals surface area contributed by atoms with Crippen molar-refractivity contribution in [1.82, 2.24) is 9.78 Å². The number of halogens is 1. The Morgan fingerprint density at radius 2 is 2.29 bits per heavy atom. The highest BCUT2D eigenvalue weighted by molar-refractivity contribution is 9.10. The van der Waals surface area contributed by atoms with Crippen molar-refractivity contribution in [3.05, 3.63) is 21.0 Å². The van der Waals surface area contributed by atoms with Crippen LogP contribution in [0.25, 0.3) is 0 Å². The second-order valence-corrected chi connectivity index (χ2v) is 7.05. The number of anilines is 1. The van der Waals surface area contributed by atoms with Gasteiger partial charge in [0.15, 0.2) is 0 Å². The predicted octanol–water partition coefficient (Wildman–Crippen LogP) is 2.79. The summed E-state index contributed by atoms with van der Waals surface area (Å²) in [5.74, 6) is 0.618. The summed E-state index contributed by atoms with van der Waals surface area (Å²) in [5.41, 5.74) is 0.624. The number of ether oxygens (including phenoxy) is 1. The van der Waals surface area contributed by atoms with Gasteiger partial charge in [0.2, 0.25) is 0 Å². The highest BCUT2D eigenvalue weighted by Crippen LogP contribution is 2.28. The van der Waals surface area contributed by atoms with Gasteiger partial charge in [0, 0.05) is 19.2 Å².